The second-order valence-corrected chi connectivity index (χ2v) is 4.72. The van der Waals surface area contributed by atoms with Gasteiger partial charge in [0.15, 0.2) is 23.3 Å². The van der Waals surface area contributed by atoms with Crippen molar-refractivity contribution >= 4 is 11.8 Å². The predicted octanol–water partition coefficient (Wildman–Crippen LogP) is 0.291. The summed E-state index contributed by atoms with van der Waals surface area (Å²) in [6, 6.07) is 0.0926. The first-order valence-electron chi connectivity index (χ1n) is 6.47. The summed E-state index contributed by atoms with van der Waals surface area (Å²) < 4.78 is 52.8. The van der Waals surface area contributed by atoms with Crippen molar-refractivity contribution in [2.75, 3.05) is 26.2 Å². The van der Waals surface area contributed by atoms with Crippen LogP contribution in [0.15, 0.2) is 6.07 Å². The van der Waals surface area contributed by atoms with E-state index in [1.165, 1.54) is 4.90 Å². The van der Waals surface area contributed by atoms with Gasteiger partial charge in [-0.15, -0.1) is 0 Å². The van der Waals surface area contributed by atoms with Crippen LogP contribution < -0.4 is 10.6 Å². The molecule has 0 aliphatic carbocycles. The first-order chi connectivity index (χ1) is 10.4. The zero-order valence-corrected chi connectivity index (χ0v) is 11.4. The van der Waals surface area contributed by atoms with Gasteiger partial charge in [-0.25, -0.2) is 17.6 Å². The summed E-state index contributed by atoms with van der Waals surface area (Å²) in [6.45, 7) is -0.0559. The van der Waals surface area contributed by atoms with Gasteiger partial charge in [-0.05, 0) is 0 Å². The Morgan fingerprint density at radius 2 is 1.86 bits per heavy atom. The smallest absolute Gasteiger partial charge is 0.239 e. The van der Waals surface area contributed by atoms with Gasteiger partial charge in [0, 0.05) is 31.3 Å². The van der Waals surface area contributed by atoms with Gasteiger partial charge in [-0.1, -0.05) is 0 Å². The summed E-state index contributed by atoms with van der Waals surface area (Å²) in [5, 5.41) is 4.95. The van der Waals surface area contributed by atoms with Crippen molar-refractivity contribution in [2.24, 2.45) is 0 Å². The van der Waals surface area contributed by atoms with Crippen LogP contribution in [0.1, 0.15) is 5.56 Å². The molecule has 2 N–H and O–H groups in total. The highest BCUT2D eigenvalue weighted by Gasteiger charge is 2.22. The predicted molar refractivity (Wildman–Crippen MR) is 67.6 cm³/mol. The second kappa shape index (κ2) is 6.73. The quantitative estimate of drug-likeness (QED) is 0.619. The highest BCUT2D eigenvalue weighted by Crippen LogP contribution is 2.18. The molecule has 1 aliphatic heterocycles. The summed E-state index contributed by atoms with van der Waals surface area (Å²) in [4.78, 5) is 24.4. The van der Waals surface area contributed by atoms with Crippen molar-refractivity contribution in [3.8, 4) is 0 Å². The zero-order chi connectivity index (χ0) is 16.3. The van der Waals surface area contributed by atoms with Gasteiger partial charge in [0.2, 0.25) is 11.8 Å². The minimum absolute atomic E-state index is 0.0926. The van der Waals surface area contributed by atoms with Crippen LogP contribution >= 0.6 is 0 Å². The Morgan fingerprint density at radius 1 is 1.23 bits per heavy atom. The maximum Gasteiger partial charge on any atom is 0.239 e. The van der Waals surface area contributed by atoms with Crippen molar-refractivity contribution < 1.29 is 27.2 Å². The Kier molecular flexibility index (Phi) is 4.96. The highest BCUT2D eigenvalue weighted by molar-refractivity contribution is 5.86. The number of piperazine rings is 1. The molecule has 1 fully saturated rings. The van der Waals surface area contributed by atoms with Crippen molar-refractivity contribution in [2.45, 2.75) is 6.54 Å². The van der Waals surface area contributed by atoms with Crippen LogP contribution in [0.5, 0.6) is 0 Å². The first-order valence-corrected chi connectivity index (χ1v) is 6.47. The molecule has 2 rings (SSSR count). The van der Waals surface area contributed by atoms with Gasteiger partial charge < -0.3 is 15.5 Å². The molecule has 0 aromatic heterocycles. The number of nitrogens with zero attached hydrogens (tertiary/aromatic N) is 1. The molecular formula is C13H13F4N3O2. The number of rotatable bonds is 4. The topological polar surface area (TPSA) is 61.4 Å². The van der Waals surface area contributed by atoms with Crippen molar-refractivity contribution in [1.29, 1.82) is 0 Å². The average Bonchev–Trinajstić information content (AvgIpc) is 2.47. The zero-order valence-electron chi connectivity index (χ0n) is 11.4. The van der Waals surface area contributed by atoms with Gasteiger partial charge in [-0.2, -0.15) is 0 Å². The van der Waals surface area contributed by atoms with E-state index >= 15 is 0 Å². The third-order valence-corrected chi connectivity index (χ3v) is 3.19. The average molecular weight is 319 g/mol. The van der Waals surface area contributed by atoms with E-state index in [0.717, 1.165) is 0 Å². The number of halogens is 4. The lowest BCUT2D eigenvalue weighted by molar-refractivity contribution is -0.136. The van der Waals surface area contributed by atoms with E-state index in [9.17, 15) is 27.2 Å². The Bertz CT molecular complexity index is 583. The van der Waals surface area contributed by atoms with Gasteiger partial charge in [-0.3, -0.25) is 9.59 Å². The summed E-state index contributed by atoms with van der Waals surface area (Å²) in [7, 11) is 0. The first kappa shape index (κ1) is 16.2. The number of nitrogens with one attached hydrogen (secondary N) is 2. The summed E-state index contributed by atoms with van der Waals surface area (Å²) >= 11 is 0. The molecule has 0 radical (unpaired) electrons. The van der Waals surface area contributed by atoms with Crippen LogP contribution in [-0.4, -0.2) is 42.9 Å². The van der Waals surface area contributed by atoms with Crippen LogP contribution in [0.25, 0.3) is 0 Å². The van der Waals surface area contributed by atoms with Crippen molar-refractivity contribution in [3.05, 3.63) is 34.9 Å². The van der Waals surface area contributed by atoms with Crippen LogP contribution in [0.3, 0.4) is 0 Å². The minimum Gasteiger partial charge on any atom is -0.350 e. The number of hydrogen-bond donors (Lipinski definition) is 2. The van der Waals surface area contributed by atoms with Crippen molar-refractivity contribution in [1.82, 2.24) is 15.5 Å². The van der Waals surface area contributed by atoms with Gasteiger partial charge in [0.05, 0.1) is 13.1 Å². The van der Waals surface area contributed by atoms with Crippen LogP contribution in [0.2, 0.25) is 0 Å². The summed E-state index contributed by atoms with van der Waals surface area (Å²) in [6.07, 6.45) is 0. The molecule has 0 atom stereocenters. The van der Waals surface area contributed by atoms with Gasteiger partial charge >= 0.3 is 0 Å². The Labute approximate surface area is 123 Å². The fourth-order valence-electron chi connectivity index (χ4n) is 2.01. The Hall–Kier alpha value is -2.16. The number of carbonyl (C=O) groups excluding carboxylic acids is 2. The molecule has 9 heteroatoms. The minimum atomic E-state index is -1.56. The molecule has 1 heterocycles. The van der Waals surface area contributed by atoms with Crippen molar-refractivity contribution in [3.63, 3.8) is 0 Å². The molecule has 0 bridgehead atoms. The monoisotopic (exact) mass is 319 g/mol. The molecule has 1 aromatic rings. The lowest BCUT2D eigenvalue weighted by Gasteiger charge is -2.26. The number of carbonyl (C=O) groups is 2. The van der Waals surface area contributed by atoms with E-state index in [2.05, 4.69) is 10.6 Å². The molecule has 0 spiro atoms. The van der Waals surface area contributed by atoms with Crippen LogP contribution in [-0.2, 0) is 16.1 Å². The number of amides is 2. The Balaban J connectivity index is 1.98. The fourth-order valence-corrected chi connectivity index (χ4v) is 2.01. The van der Waals surface area contributed by atoms with E-state index in [-0.39, 0.29) is 25.1 Å². The SMILES string of the molecule is O=C(CN1CCNCC1=O)NCc1c(F)c(F)cc(F)c1F. The molecule has 1 saturated heterocycles. The lowest BCUT2D eigenvalue weighted by atomic mass is 10.1. The van der Waals surface area contributed by atoms with Gasteiger partial charge in [0.25, 0.3) is 0 Å². The van der Waals surface area contributed by atoms with E-state index in [1.54, 1.807) is 0 Å². The Morgan fingerprint density at radius 3 is 2.45 bits per heavy atom. The van der Waals surface area contributed by atoms with Crippen LogP contribution in [0, 0.1) is 23.3 Å². The third kappa shape index (κ3) is 3.53. The third-order valence-electron chi connectivity index (χ3n) is 3.19. The van der Waals surface area contributed by atoms with E-state index in [1.807, 2.05) is 0 Å². The van der Waals surface area contributed by atoms with Crippen LogP contribution in [0.4, 0.5) is 17.6 Å². The fraction of sp³-hybridized carbons (Fsp3) is 0.385. The summed E-state index contributed by atoms with van der Waals surface area (Å²) in [5.74, 6) is -7.16. The summed E-state index contributed by atoms with van der Waals surface area (Å²) in [5.41, 5.74) is -0.905. The highest BCUT2D eigenvalue weighted by atomic mass is 19.2. The number of benzene rings is 1. The van der Waals surface area contributed by atoms with E-state index in [4.69, 9.17) is 0 Å². The normalized spacial score (nSPS) is 15.1. The largest absolute Gasteiger partial charge is 0.350 e. The molecule has 0 unspecified atom stereocenters. The maximum absolute atomic E-state index is 13.4. The second-order valence-electron chi connectivity index (χ2n) is 4.72. The molecular weight excluding hydrogens is 306 g/mol. The molecule has 22 heavy (non-hydrogen) atoms. The molecule has 5 nitrogen and oxygen atoms in total. The molecule has 1 aromatic carbocycles. The van der Waals surface area contributed by atoms with E-state index < -0.39 is 41.3 Å². The number of hydrogen-bond acceptors (Lipinski definition) is 3. The lowest BCUT2D eigenvalue weighted by Crippen LogP contribution is -2.51. The molecule has 0 saturated carbocycles. The molecule has 1 aliphatic rings. The standard InChI is InChI=1S/C13H13F4N3O2/c14-8-3-9(15)13(17)7(12(8)16)4-19-10(21)6-20-2-1-18-5-11(20)22/h3,18H,1-2,4-6H2,(H,19,21). The molecule has 120 valence electrons. The maximum atomic E-state index is 13.4. The molecule has 2 amide bonds. The van der Waals surface area contributed by atoms with Gasteiger partial charge in [0.1, 0.15) is 0 Å². The van der Waals surface area contributed by atoms with E-state index in [0.29, 0.717) is 13.1 Å².